The average Bonchev–Trinajstić information content (AvgIpc) is 3.17. The summed E-state index contributed by atoms with van der Waals surface area (Å²) in [4.78, 5) is 2.97. The molecule has 0 amide bonds. The molecule has 6 heteroatoms. The molecule has 1 aromatic heterocycles. The van der Waals surface area contributed by atoms with Crippen molar-refractivity contribution in [2.75, 3.05) is 38.2 Å². The second-order valence-corrected chi connectivity index (χ2v) is 8.34. The van der Waals surface area contributed by atoms with Gasteiger partial charge < -0.3 is 20.3 Å². The number of thiocarbonyl (C=S) groups is 1. The standard InChI is InChI=1S/C20H27N3OS2/c1-15(2)16-5-7-17(8-6-16)22-20(25)21-14-18(19-4-3-13-26-19)23-9-11-24-12-10-23/h3-8,13,15,18H,9-12,14H2,1-2H3,(H2,21,22,25)/p+1/t18-/m1/s1. The van der Waals surface area contributed by atoms with Crippen molar-refractivity contribution in [1.29, 1.82) is 0 Å². The quantitative estimate of drug-likeness (QED) is 0.663. The molecule has 26 heavy (non-hydrogen) atoms. The molecule has 1 saturated heterocycles. The van der Waals surface area contributed by atoms with Gasteiger partial charge in [-0.05, 0) is 47.3 Å². The molecule has 0 saturated carbocycles. The summed E-state index contributed by atoms with van der Waals surface area (Å²) in [5.74, 6) is 0.539. The second-order valence-electron chi connectivity index (χ2n) is 6.95. The Morgan fingerprint density at radius 1 is 1.19 bits per heavy atom. The smallest absolute Gasteiger partial charge is 0.171 e. The Hall–Kier alpha value is -1.47. The van der Waals surface area contributed by atoms with Gasteiger partial charge in [-0.25, -0.2) is 0 Å². The number of quaternary nitrogens is 1. The van der Waals surface area contributed by atoms with E-state index in [9.17, 15) is 0 Å². The van der Waals surface area contributed by atoms with E-state index >= 15 is 0 Å². The lowest BCUT2D eigenvalue weighted by Gasteiger charge is -2.31. The summed E-state index contributed by atoms with van der Waals surface area (Å²) in [7, 11) is 0. The van der Waals surface area contributed by atoms with Crippen LogP contribution < -0.4 is 15.5 Å². The van der Waals surface area contributed by atoms with Crippen LogP contribution in [0.25, 0.3) is 0 Å². The first-order valence-electron chi connectivity index (χ1n) is 9.24. The van der Waals surface area contributed by atoms with Gasteiger partial charge in [0.15, 0.2) is 5.11 Å². The SMILES string of the molecule is CC(C)c1ccc(NC(=S)NC[C@H](c2cccs2)[NH+]2CCOCC2)cc1. The number of thiophene rings is 1. The molecule has 1 fully saturated rings. The molecular formula is C20H28N3OS2+. The number of hydrogen-bond donors (Lipinski definition) is 3. The number of hydrogen-bond acceptors (Lipinski definition) is 3. The Kier molecular flexibility index (Phi) is 7.02. The van der Waals surface area contributed by atoms with Crippen LogP contribution in [0.1, 0.15) is 36.2 Å². The van der Waals surface area contributed by atoms with E-state index in [0.717, 1.165) is 38.5 Å². The summed E-state index contributed by atoms with van der Waals surface area (Å²) < 4.78 is 5.52. The summed E-state index contributed by atoms with van der Waals surface area (Å²) in [6, 6.07) is 13.2. The van der Waals surface area contributed by atoms with E-state index in [1.807, 2.05) is 11.3 Å². The second kappa shape index (κ2) is 9.46. The zero-order valence-corrected chi connectivity index (χ0v) is 17.1. The molecule has 3 N–H and O–H groups in total. The molecule has 0 bridgehead atoms. The molecule has 4 nitrogen and oxygen atoms in total. The Balaban J connectivity index is 1.57. The van der Waals surface area contributed by atoms with Crippen molar-refractivity contribution in [3.8, 4) is 0 Å². The van der Waals surface area contributed by atoms with Crippen LogP contribution in [-0.2, 0) is 4.74 Å². The van der Waals surface area contributed by atoms with Crippen molar-refractivity contribution in [3.63, 3.8) is 0 Å². The van der Waals surface area contributed by atoms with Gasteiger partial charge in [0.25, 0.3) is 0 Å². The first-order valence-corrected chi connectivity index (χ1v) is 10.5. The lowest BCUT2D eigenvalue weighted by Crippen LogP contribution is -3.15. The third kappa shape index (κ3) is 5.27. The predicted molar refractivity (Wildman–Crippen MR) is 113 cm³/mol. The molecule has 0 radical (unpaired) electrons. The van der Waals surface area contributed by atoms with Gasteiger partial charge in [0.2, 0.25) is 0 Å². The normalized spacial score (nSPS) is 16.4. The molecule has 1 aliphatic rings. The van der Waals surface area contributed by atoms with E-state index in [2.05, 4.69) is 66.3 Å². The molecule has 0 spiro atoms. The summed E-state index contributed by atoms with van der Waals surface area (Å²) in [6.07, 6.45) is 0. The summed E-state index contributed by atoms with van der Waals surface area (Å²) in [5, 5.41) is 9.55. The van der Waals surface area contributed by atoms with Crippen LogP contribution in [0, 0.1) is 0 Å². The zero-order valence-electron chi connectivity index (χ0n) is 15.5. The highest BCUT2D eigenvalue weighted by Crippen LogP contribution is 2.18. The minimum atomic E-state index is 0.405. The number of anilines is 1. The topological polar surface area (TPSA) is 37.7 Å². The third-order valence-electron chi connectivity index (χ3n) is 4.82. The largest absolute Gasteiger partial charge is 0.370 e. The van der Waals surface area contributed by atoms with Crippen molar-refractivity contribution in [2.45, 2.75) is 25.8 Å². The van der Waals surface area contributed by atoms with Gasteiger partial charge in [-0.3, -0.25) is 0 Å². The van der Waals surface area contributed by atoms with E-state index in [1.54, 1.807) is 4.90 Å². The lowest BCUT2D eigenvalue weighted by molar-refractivity contribution is -0.937. The van der Waals surface area contributed by atoms with Crippen LogP contribution in [0.3, 0.4) is 0 Å². The zero-order chi connectivity index (χ0) is 18.4. The molecule has 1 aliphatic heterocycles. The van der Waals surface area contributed by atoms with Crippen LogP contribution in [0.15, 0.2) is 41.8 Å². The van der Waals surface area contributed by atoms with Crippen molar-refractivity contribution < 1.29 is 9.64 Å². The molecule has 140 valence electrons. The van der Waals surface area contributed by atoms with Gasteiger partial charge in [0, 0.05) is 5.69 Å². The molecule has 1 aromatic carbocycles. The Bertz CT molecular complexity index is 680. The highest BCUT2D eigenvalue weighted by atomic mass is 32.1. The van der Waals surface area contributed by atoms with Gasteiger partial charge in [-0.15, -0.1) is 11.3 Å². The molecule has 3 rings (SSSR count). The van der Waals surface area contributed by atoms with Crippen molar-refractivity contribution in [3.05, 3.63) is 52.2 Å². The van der Waals surface area contributed by atoms with Crippen molar-refractivity contribution in [2.24, 2.45) is 0 Å². The van der Waals surface area contributed by atoms with E-state index in [0.29, 0.717) is 17.1 Å². The minimum absolute atomic E-state index is 0.405. The number of nitrogens with one attached hydrogen (secondary N) is 3. The first kappa shape index (κ1) is 19.3. The predicted octanol–water partition coefficient (Wildman–Crippen LogP) is 2.81. The van der Waals surface area contributed by atoms with Crippen LogP contribution >= 0.6 is 23.6 Å². The molecule has 0 aliphatic carbocycles. The molecular weight excluding hydrogens is 362 g/mol. The van der Waals surface area contributed by atoms with E-state index in [-0.39, 0.29) is 0 Å². The Labute approximate surface area is 165 Å². The lowest BCUT2D eigenvalue weighted by atomic mass is 10.0. The summed E-state index contributed by atoms with van der Waals surface area (Å²) in [5.41, 5.74) is 2.36. The first-order chi connectivity index (χ1) is 12.6. The monoisotopic (exact) mass is 390 g/mol. The number of ether oxygens (including phenoxy) is 1. The fourth-order valence-corrected chi connectivity index (χ4v) is 4.33. The number of morpholine rings is 1. The van der Waals surface area contributed by atoms with Gasteiger partial charge >= 0.3 is 0 Å². The average molecular weight is 391 g/mol. The number of rotatable bonds is 6. The Morgan fingerprint density at radius 3 is 2.54 bits per heavy atom. The molecule has 1 atom stereocenters. The van der Waals surface area contributed by atoms with Crippen LogP contribution in [0.5, 0.6) is 0 Å². The van der Waals surface area contributed by atoms with E-state index in [4.69, 9.17) is 17.0 Å². The van der Waals surface area contributed by atoms with Gasteiger partial charge in [-0.2, -0.15) is 0 Å². The molecule has 0 unspecified atom stereocenters. The maximum absolute atomic E-state index is 5.52. The van der Waals surface area contributed by atoms with E-state index < -0.39 is 0 Å². The molecule has 2 aromatic rings. The highest BCUT2D eigenvalue weighted by Gasteiger charge is 2.27. The Morgan fingerprint density at radius 2 is 1.92 bits per heavy atom. The van der Waals surface area contributed by atoms with Gasteiger partial charge in [0.05, 0.1) is 24.6 Å². The summed E-state index contributed by atoms with van der Waals surface area (Å²) >= 11 is 7.34. The van der Waals surface area contributed by atoms with Gasteiger partial charge in [-0.1, -0.05) is 32.0 Å². The van der Waals surface area contributed by atoms with Crippen LogP contribution in [0.2, 0.25) is 0 Å². The van der Waals surface area contributed by atoms with Crippen molar-refractivity contribution >= 4 is 34.4 Å². The highest BCUT2D eigenvalue weighted by molar-refractivity contribution is 7.80. The summed E-state index contributed by atoms with van der Waals surface area (Å²) in [6.45, 7) is 8.98. The maximum atomic E-state index is 5.52. The van der Waals surface area contributed by atoms with E-state index in [1.165, 1.54) is 10.4 Å². The van der Waals surface area contributed by atoms with Crippen molar-refractivity contribution in [1.82, 2.24) is 5.32 Å². The fraction of sp³-hybridized carbons (Fsp3) is 0.450. The minimum Gasteiger partial charge on any atom is -0.370 e. The fourth-order valence-electron chi connectivity index (χ4n) is 3.24. The van der Waals surface area contributed by atoms with Crippen LogP contribution in [0.4, 0.5) is 5.69 Å². The van der Waals surface area contributed by atoms with Gasteiger partial charge in [0.1, 0.15) is 19.1 Å². The maximum Gasteiger partial charge on any atom is 0.171 e. The molecule has 2 heterocycles. The third-order valence-corrected chi connectivity index (χ3v) is 6.05. The van der Waals surface area contributed by atoms with Crippen LogP contribution in [-0.4, -0.2) is 38.0 Å². The number of benzene rings is 1.